The molecule has 37 heavy (non-hydrogen) atoms. The van der Waals surface area contributed by atoms with Crippen molar-refractivity contribution in [2.45, 2.75) is 6.61 Å². The van der Waals surface area contributed by atoms with E-state index >= 15 is 0 Å². The first-order valence-corrected chi connectivity index (χ1v) is 11.3. The molecule has 0 atom stereocenters. The number of nitro groups is 1. The third-order valence-electron chi connectivity index (χ3n) is 5.78. The number of non-ortho nitro benzene ring substituents is 1. The smallest absolute Gasteiger partial charge is 0.307 e. The summed E-state index contributed by atoms with van der Waals surface area (Å²) >= 11 is 0. The summed E-state index contributed by atoms with van der Waals surface area (Å²) in [4.78, 5) is 23.1. The van der Waals surface area contributed by atoms with Gasteiger partial charge in [0.2, 0.25) is 0 Å². The van der Waals surface area contributed by atoms with Crippen LogP contribution in [-0.2, 0) is 6.61 Å². The van der Waals surface area contributed by atoms with Gasteiger partial charge in [0.15, 0.2) is 17.1 Å². The number of fused-ring (bicyclic) bond motifs is 2. The number of ether oxygens (including phenoxy) is 2. The zero-order valence-corrected chi connectivity index (χ0v) is 19.7. The molecular formula is C28H21N3O6. The Kier molecular flexibility index (Phi) is 6.50. The number of hydrazone groups is 1. The first-order chi connectivity index (χ1) is 18.0. The Labute approximate surface area is 211 Å². The van der Waals surface area contributed by atoms with E-state index in [4.69, 9.17) is 13.9 Å². The number of methoxy groups -OCH3 is 1. The van der Waals surface area contributed by atoms with Crippen LogP contribution in [0.4, 0.5) is 5.69 Å². The van der Waals surface area contributed by atoms with Gasteiger partial charge in [-0.2, -0.15) is 5.10 Å². The van der Waals surface area contributed by atoms with Crippen LogP contribution in [-0.4, -0.2) is 24.2 Å². The molecule has 4 aromatic carbocycles. The summed E-state index contributed by atoms with van der Waals surface area (Å²) in [6.07, 6.45) is 1.52. The van der Waals surface area contributed by atoms with Crippen molar-refractivity contribution in [1.29, 1.82) is 0 Å². The van der Waals surface area contributed by atoms with Gasteiger partial charge in [0, 0.05) is 23.1 Å². The topological polar surface area (TPSA) is 116 Å². The molecule has 9 nitrogen and oxygen atoms in total. The summed E-state index contributed by atoms with van der Waals surface area (Å²) in [5, 5.41) is 17.6. The van der Waals surface area contributed by atoms with Gasteiger partial charge < -0.3 is 13.9 Å². The molecule has 184 valence electrons. The largest absolute Gasteiger partial charge is 0.493 e. The molecule has 0 fully saturated rings. The molecule has 1 aromatic heterocycles. The van der Waals surface area contributed by atoms with Crippen molar-refractivity contribution in [2.75, 3.05) is 7.11 Å². The fourth-order valence-electron chi connectivity index (χ4n) is 3.93. The number of furan rings is 1. The first-order valence-electron chi connectivity index (χ1n) is 11.3. The van der Waals surface area contributed by atoms with Crippen LogP contribution in [0.25, 0.3) is 21.7 Å². The van der Waals surface area contributed by atoms with Crippen molar-refractivity contribution in [3.63, 3.8) is 0 Å². The van der Waals surface area contributed by atoms with Crippen molar-refractivity contribution in [3.8, 4) is 11.5 Å². The summed E-state index contributed by atoms with van der Waals surface area (Å²) in [5.74, 6) is 0.668. The van der Waals surface area contributed by atoms with Crippen LogP contribution in [0.2, 0.25) is 0 Å². The average Bonchev–Trinajstić information content (AvgIpc) is 3.37. The van der Waals surface area contributed by atoms with Crippen LogP contribution in [0, 0.1) is 10.1 Å². The molecule has 0 aliphatic heterocycles. The maximum absolute atomic E-state index is 12.7. The van der Waals surface area contributed by atoms with E-state index in [1.165, 1.54) is 25.5 Å². The third-order valence-corrected chi connectivity index (χ3v) is 5.78. The number of benzene rings is 4. The SMILES string of the molecule is COc1cccc2cc(C(=O)NN=Cc3c(OCc4ccc([N+](=O)[O-])cc4)ccc4ccccc34)oc12. The van der Waals surface area contributed by atoms with Crippen LogP contribution in [0.15, 0.2) is 94.4 Å². The highest BCUT2D eigenvalue weighted by atomic mass is 16.6. The number of carbonyl (C=O) groups excluding carboxylic acids is 1. The Hall–Kier alpha value is -5.18. The molecular weight excluding hydrogens is 474 g/mol. The minimum absolute atomic E-state index is 0.0147. The van der Waals surface area contributed by atoms with Crippen LogP contribution >= 0.6 is 0 Å². The molecule has 0 bridgehead atoms. The predicted molar refractivity (Wildman–Crippen MR) is 139 cm³/mol. The molecule has 0 saturated heterocycles. The van der Waals surface area contributed by atoms with Crippen LogP contribution in [0.1, 0.15) is 21.7 Å². The number of nitro benzene ring substituents is 1. The van der Waals surface area contributed by atoms with E-state index in [1.807, 2.05) is 48.5 Å². The summed E-state index contributed by atoms with van der Waals surface area (Å²) in [7, 11) is 1.53. The lowest BCUT2D eigenvalue weighted by atomic mass is 10.0. The Balaban J connectivity index is 1.37. The van der Waals surface area contributed by atoms with Gasteiger partial charge in [-0.05, 0) is 46.7 Å². The standard InChI is InChI=1S/C28H21N3O6/c1-35-25-8-4-6-20-15-26(37-27(20)25)28(32)30-29-16-23-22-7-3-2-5-19(22)11-14-24(23)36-17-18-9-12-21(13-10-18)31(33)34/h2-16H,17H2,1H3,(H,30,32). The maximum Gasteiger partial charge on any atom is 0.307 e. The van der Waals surface area contributed by atoms with E-state index in [1.54, 1.807) is 24.3 Å². The number of nitrogens with zero attached hydrogens (tertiary/aromatic N) is 2. The average molecular weight is 495 g/mol. The first kappa shape index (κ1) is 23.6. The molecule has 0 aliphatic rings. The fourth-order valence-corrected chi connectivity index (χ4v) is 3.93. The van der Waals surface area contributed by atoms with Gasteiger partial charge in [-0.25, -0.2) is 5.43 Å². The summed E-state index contributed by atoms with van der Waals surface area (Å²) in [6.45, 7) is 0.199. The second kappa shape index (κ2) is 10.2. The number of carbonyl (C=O) groups is 1. The molecule has 9 heteroatoms. The Morgan fingerprint density at radius 1 is 1.00 bits per heavy atom. The predicted octanol–water partition coefficient (Wildman–Crippen LogP) is 5.85. The molecule has 5 aromatic rings. The van der Waals surface area contributed by atoms with Gasteiger partial charge >= 0.3 is 5.91 Å². The number of rotatable bonds is 8. The highest BCUT2D eigenvalue weighted by Gasteiger charge is 2.15. The van der Waals surface area contributed by atoms with Gasteiger partial charge in [-0.3, -0.25) is 14.9 Å². The number of hydrogen-bond donors (Lipinski definition) is 1. The third kappa shape index (κ3) is 4.96. The van der Waals surface area contributed by atoms with Crippen molar-refractivity contribution < 1.29 is 23.6 Å². The van der Waals surface area contributed by atoms with Crippen molar-refractivity contribution >= 4 is 39.6 Å². The van der Waals surface area contributed by atoms with Gasteiger partial charge in [-0.15, -0.1) is 0 Å². The van der Waals surface area contributed by atoms with Crippen LogP contribution < -0.4 is 14.9 Å². The monoisotopic (exact) mass is 495 g/mol. The normalized spacial score (nSPS) is 11.2. The van der Waals surface area contributed by atoms with E-state index in [0.29, 0.717) is 22.6 Å². The van der Waals surface area contributed by atoms with E-state index in [-0.39, 0.29) is 18.1 Å². The van der Waals surface area contributed by atoms with E-state index in [0.717, 1.165) is 21.7 Å². The molecule has 1 amide bonds. The zero-order chi connectivity index (χ0) is 25.8. The molecule has 1 N–H and O–H groups in total. The van der Waals surface area contributed by atoms with Crippen molar-refractivity contribution in [2.24, 2.45) is 5.10 Å². The van der Waals surface area contributed by atoms with Crippen LogP contribution in [0.3, 0.4) is 0 Å². The van der Waals surface area contributed by atoms with E-state index in [2.05, 4.69) is 10.5 Å². The van der Waals surface area contributed by atoms with E-state index < -0.39 is 10.8 Å². The fraction of sp³-hybridized carbons (Fsp3) is 0.0714. The molecule has 0 spiro atoms. The van der Waals surface area contributed by atoms with Crippen molar-refractivity contribution in [1.82, 2.24) is 5.43 Å². The second-order valence-electron chi connectivity index (χ2n) is 8.10. The minimum Gasteiger partial charge on any atom is -0.493 e. The zero-order valence-electron chi connectivity index (χ0n) is 19.7. The summed E-state index contributed by atoms with van der Waals surface area (Å²) < 4.78 is 17.0. The van der Waals surface area contributed by atoms with E-state index in [9.17, 15) is 14.9 Å². The molecule has 0 saturated carbocycles. The number of nitrogens with one attached hydrogen (secondary N) is 1. The van der Waals surface area contributed by atoms with Gasteiger partial charge in [0.05, 0.1) is 18.2 Å². The van der Waals surface area contributed by atoms with Gasteiger partial charge in [-0.1, -0.05) is 42.5 Å². The Bertz CT molecular complexity index is 1640. The summed E-state index contributed by atoms with van der Waals surface area (Å²) in [5.41, 5.74) is 4.45. The molecule has 0 aliphatic carbocycles. The molecule has 0 radical (unpaired) electrons. The van der Waals surface area contributed by atoms with Gasteiger partial charge in [0.25, 0.3) is 5.69 Å². The number of hydrogen-bond acceptors (Lipinski definition) is 7. The number of para-hydroxylation sites is 1. The summed E-state index contributed by atoms with van der Waals surface area (Å²) in [6, 6.07) is 24.7. The molecule has 5 rings (SSSR count). The molecule has 0 unspecified atom stereocenters. The van der Waals surface area contributed by atoms with Crippen LogP contribution in [0.5, 0.6) is 11.5 Å². The van der Waals surface area contributed by atoms with Crippen molar-refractivity contribution in [3.05, 3.63) is 112 Å². The quantitative estimate of drug-likeness (QED) is 0.164. The Morgan fingerprint density at radius 3 is 2.57 bits per heavy atom. The highest BCUT2D eigenvalue weighted by molar-refractivity contribution is 6.03. The lowest BCUT2D eigenvalue weighted by molar-refractivity contribution is -0.384. The molecule has 1 heterocycles. The Morgan fingerprint density at radius 2 is 1.78 bits per heavy atom. The second-order valence-corrected chi connectivity index (χ2v) is 8.10. The van der Waals surface area contributed by atoms with Gasteiger partial charge in [0.1, 0.15) is 12.4 Å². The maximum atomic E-state index is 12.7. The highest BCUT2D eigenvalue weighted by Crippen LogP contribution is 2.29. The minimum atomic E-state index is -0.511. The number of amides is 1. The lowest BCUT2D eigenvalue weighted by Gasteiger charge is -2.12. The lowest BCUT2D eigenvalue weighted by Crippen LogP contribution is -2.16.